The third-order valence-electron chi connectivity index (χ3n) is 3.36. The zero-order valence-corrected chi connectivity index (χ0v) is 10.8. The Kier molecular flexibility index (Phi) is 2.93. The van der Waals surface area contributed by atoms with Gasteiger partial charge in [-0.05, 0) is 31.0 Å². The molecule has 1 aromatic heterocycles. The maximum Gasteiger partial charge on any atom is 0.276 e. The van der Waals surface area contributed by atoms with E-state index in [0.29, 0.717) is 13.1 Å². The van der Waals surface area contributed by atoms with Gasteiger partial charge in [-0.3, -0.25) is 9.48 Å². The zero-order valence-electron chi connectivity index (χ0n) is 10.00. The van der Waals surface area contributed by atoms with E-state index in [-0.39, 0.29) is 21.8 Å². The van der Waals surface area contributed by atoms with E-state index in [1.54, 1.807) is 4.68 Å². The lowest BCUT2D eigenvalue weighted by Gasteiger charge is -2.17. The van der Waals surface area contributed by atoms with E-state index >= 15 is 0 Å². The fourth-order valence-electron chi connectivity index (χ4n) is 2.44. The van der Waals surface area contributed by atoms with Gasteiger partial charge in [0.25, 0.3) is 5.56 Å². The van der Waals surface area contributed by atoms with E-state index in [2.05, 4.69) is 0 Å². The number of halogens is 3. The van der Waals surface area contributed by atoms with E-state index in [4.69, 9.17) is 11.6 Å². The predicted molar refractivity (Wildman–Crippen MR) is 68.3 cm³/mol. The summed E-state index contributed by atoms with van der Waals surface area (Å²) < 4.78 is 30.2. The molecule has 0 aliphatic carbocycles. The molecular formula is C13H11ClF2N2O. The summed E-state index contributed by atoms with van der Waals surface area (Å²) in [6, 6.07) is 3.02. The first-order chi connectivity index (χ1) is 9.09. The van der Waals surface area contributed by atoms with E-state index < -0.39 is 11.6 Å². The van der Waals surface area contributed by atoms with Crippen molar-refractivity contribution in [3.8, 4) is 11.1 Å². The molecule has 0 atom stereocenters. The molecule has 1 aliphatic rings. The highest BCUT2D eigenvalue weighted by Crippen LogP contribution is 2.29. The average molecular weight is 285 g/mol. The Morgan fingerprint density at radius 2 is 1.79 bits per heavy atom. The molecule has 100 valence electrons. The molecular weight excluding hydrogens is 274 g/mol. The van der Waals surface area contributed by atoms with Gasteiger partial charge >= 0.3 is 0 Å². The van der Waals surface area contributed by atoms with Crippen molar-refractivity contribution in [3.63, 3.8) is 0 Å². The Morgan fingerprint density at radius 1 is 1.11 bits per heavy atom. The van der Waals surface area contributed by atoms with Gasteiger partial charge in [0.1, 0.15) is 16.8 Å². The Labute approximate surface area is 113 Å². The molecule has 0 unspecified atom stereocenters. The van der Waals surface area contributed by atoms with Crippen molar-refractivity contribution >= 4 is 11.6 Å². The average Bonchev–Trinajstić information content (AvgIpc) is 2.66. The minimum absolute atomic E-state index is 0.0422. The molecule has 0 bridgehead atoms. The highest BCUT2D eigenvalue weighted by molar-refractivity contribution is 6.32. The molecule has 0 N–H and O–H groups in total. The third kappa shape index (κ3) is 1.89. The van der Waals surface area contributed by atoms with Gasteiger partial charge in [-0.2, -0.15) is 0 Å². The molecule has 0 spiro atoms. The first kappa shape index (κ1) is 12.4. The van der Waals surface area contributed by atoms with Gasteiger partial charge < -0.3 is 0 Å². The number of fused-ring (bicyclic) bond motifs is 1. The summed E-state index contributed by atoms with van der Waals surface area (Å²) >= 11 is 6.16. The lowest BCUT2D eigenvalue weighted by molar-refractivity contribution is 0.356. The molecule has 0 radical (unpaired) electrons. The molecule has 0 fully saturated rings. The van der Waals surface area contributed by atoms with Gasteiger partial charge in [0.05, 0.1) is 5.56 Å². The molecule has 1 aliphatic heterocycles. The SMILES string of the molecule is O=c1c(-c2cc(F)ccc2F)c(Cl)n2n1CCCC2. The normalized spacial score (nSPS) is 14.5. The fraction of sp³-hybridized carbons (Fsp3) is 0.308. The second-order valence-electron chi connectivity index (χ2n) is 4.55. The molecule has 1 aromatic carbocycles. The van der Waals surface area contributed by atoms with Crippen molar-refractivity contribution in [1.29, 1.82) is 0 Å². The molecule has 3 rings (SSSR count). The molecule has 2 heterocycles. The van der Waals surface area contributed by atoms with Crippen LogP contribution in [0.15, 0.2) is 23.0 Å². The van der Waals surface area contributed by atoms with E-state index in [9.17, 15) is 13.6 Å². The Morgan fingerprint density at radius 3 is 2.47 bits per heavy atom. The van der Waals surface area contributed by atoms with Crippen LogP contribution in [0.5, 0.6) is 0 Å². The molecule has 0 saturated carbocycles. The number of hydrogen-bond donors (Lipinski definition) is 0. The minimum Gasteiger partial charge on any atom is -0.271 e. The Balaban J connectivity index is 2.29. The van der Waals surface area contributed by atoms with Crippen LogP contribution in [-0.2, 0) is 13.1 Å². The molecule has 0 saturated heterocycles. The summed E-state index contributed by atoms with van der Waals surface area (Å²) in [4.78, 5) is 12.3. The summed E-state index contributed by atoms with van der Waals surface area (Å²) in [5, 5.41) is 0.175. The van der Waals surface area contributed by atoms with Crippen molar-refractivity contribution in [2.75, 3.05) is 0 Å². The van der Waals surface area contributed by atoms with Gasteiger partial charge in [0.2, 0.25) is 0 Å². The molecule has 2 aromatic rings. The smallest absolute Gasteiger partial charge is 0.271 e. The van der Waals surface area contributed by atoms with Crippen LogP contribution >= 0.6 is 11.6 Å². The van der Waals surface area contributed by atoms with Crippen LogP contribution in [-0.4, -0.2) is 9.36 Å². The first-order valence-electron chi connectivity index (χ1n) is 6.04. The second kappa shape index (κ2) is 4.49. The van der Waals surface area contributed by atoms with Crippen LogP contribution in [0, 0.1) is 11.6 Å². The van der Waals surface area contributed by atoms with Crippen LogP contribution in [0.3, 0.4) is 0 Å². The van der Waals surface area contributed by atoms with Gasteiger partial charge in [0, 0.05) is 18.7 Å². The lowest BCUT2D eigenvalue weighted by Crippen LogP contribution is -2.27. The Bertz CT molecular complexity index is 705. The molecule has 0 amide bonds. The van der Waals surface area contributed by atoms with Crippen LogP contribution in [0.1, 0.15) is 12.8 Å². The van der Waals surface area contributed by atoms with E-state index in [1.165, 1.54) is 4.68 Å². The predicted octanol–water partition coefficient (Wildman–Crippen LogP) is 3.04. The first-order valence-corrected chi connectivity index (χ1v) is 6.42. The Hall–Kier alpha value is -1.62. The van der Waals surface area contributed by atoms with Crippen molar-refractivity contribution in [1.82, 2.24) is 9.36 Å². The topological polar surface area (TPSA) is 26.9 Å². The number of nitrogens with zero attached hydrogens (tertiary/aromatic N) is 2. The van der Waals surface area contributed by atoms with Crippen molar-refractivity contribution < 1.29 is 8.78 Å². The van der Waals surface area contributed by atoms with Crippen molar-refractivity contribution in [3.05, 3.63) is 45.3 Å². The van der Waals surface area contributed by atoms with E-state index in [0.717, 1.165) is 31.0 Å². The van der Waals surface area contributed by atoms with Crippen LogP contribution in [0.25, 0.3) is 11.1 Å². The standard InChI is InChI=1S/C13H11ClF2N2O/c14-12-11(9-7-8(15)3-4-10(9)16)13(19)18-6-2-1-5-17(12)18/h3-4,7H,1-2,5-6H2. The lowest BCUT2D eigenvalue weighted by atomic mass is 10.1. The van der Waals surface area contributed by atoms with Gasteiger partial charge in [-0.1, -0.05) is 11.6 Å². The summed E-state index contributed by atoms with van der Waals surface area (Å²) in [7, 11) is 0. The fourth-order valence-corrected chi connectivity index (χ4v) is 2.80. The summed E-state index contributed by atoms with van der Waals surface area (Å²) in [6.45, 7) is 1.17. The number of aromatic nitrogens is 2. The van der Waals surface area contributed by atoms with Gasteiger partial charge in [0.15, 0.2) is 0 Å². The molecule has 19 heavy (non-hydrogen) atoms. The van der Waals surface area contributed by atoms with Crippen LogP contribution < -0.4 is 5.56 Å². The maximum absolute atomic E-state index is 13.8. The largest absolute Gasteiger partial charge is 0.276 e. The van der Waals surface area contributed by atoms with Crippen molar-refractivity contribution in [2.24, 2.45) is 0 Å². The molecule has 6 heteroatoms. The van der Waals surface area contributed by atoms with E-state index in [1.807, 2.05) is 0 Å². The maximum atomic E-state index is 13.8. The monoisotopic (exact) mass is 284 g/mol. The van der Waals surface area contributed by atoms with Crippen LogP contribution in [0.2, 0.25) is 5.15 Å². The number of benzene rings is 1. The summed E-state index contributed by atoms with van der Waals surface area (Å²) in [6.07, 6.45) is 1.80. The minimum atomic E-state index is -0.649. The molecule has 3 nitrogen and oxygen atoms in total. The highest BCUT2D eigenvalue weighted by atomic mass is 35.5. The van der Waals surface area contributed by atoms with Crippen molar-refractivity contribution in [2.45, 2.75) is 25.9 Å². The van der Waals surface area contributed by atoms with Gasteiger partial charge in [-0.15, -0.1) is 0 Å². The highest BCUT2D eigenvalue weighted by Gasteiger charge is 2.24. The summed E-state index contributed by atoms with van der Waals surface area (Å²) in [5.74, 6) is -1.25. The second-order valence-corrected chi connectivity index (χ2v) is 4.91. The third-order valence-corrected chi connectivity index (χ3v) is 3.74. The number of rotatable bonds is 1. The number of hydrogen-bond acceptors (Lipinski definition) is 1. The summed E-state index contributed by atoms with van der Waals surface area (Å²) in [5.41, 5.74) is -0.404. The zero-order chi connectivity index (χ0) is 13.6. The quantitative estimate of drug-likeness (QED) is 0.791. The van der Waals surface area contributed by atoms with Gasteiger partial charge in [-0.25, -0.2) is 13.5 Å². The van der Waals surface area contributed by atoms with Crippen LogP contribution in [0.4, 0.5) is 8.78 Å².